The van der Waals surface area contributed by atoms with Gasteiger partial charge >= 0.3 is 5.97 Å². The van der Waals surface area contributed by atoms with E-state index in [0.717, 1.165) is 5.69 Å². The Labute approximate surface area is 108 Å². The van der Waals surface area contributed by atoms with Crippen LogP contribution in [0.4, 0.5) is 5.69 Å². The van der Waals surface area contributed by atoms with Gasteiger partial charge < -0.3 is 14.8 Å². The van der Waals surface area contributed by atoms with E-state index in [4.69, 9.17) is 9.47 Å². The molecule has 100 valence electrons. The van der Waals surface area contributed by atoms with Crippen molar-refractivity contribution in [2.75, 3.05) is 25.6 Å². The molecule has 0 bridgehead atoms. The Morgan fingerprint density at radius 1 is 1.22 bits per heavy atom. The van der Waals surface area contributed by atoms with Crippen molar-refractivity contribution in [3.63, 3.8) is 0 Å². The van der Waals surface area contributed by atoms with E-state index in [1.807, 2.05) is 39.0 Å². The number of hydrogen-bond donors (Lipinski definition) is 1. The first-order valence-corrected chi connectivity index (χ1v) is 6.02. The quantitative estimate of drug-likeness (QED) is 0.645. The lowest BCUT2D eigenvalue weighted by Crippen LogP contribution is -2.22. The Morgan fingerprint density at radius 3 is 2.50 bits per heavy atom. The van der Waals surface area contributed by atoms with Gasteiger partial charge in [0.15, 0.2) is 0 Å². The molecule has 4 heteroatoms. The molecule has 0 radical (unpaired) electrons. The summed E-state index contributed by atoms with van der Waals surface area (Å²) in [5.41, 5.74) is 1.09. The smallest absolute Gasteiger partial charge is 0.340 e. The predicted molar refractivity (Wildman–Crippen MR) is 72.0 cm³/mol. The number of rotatable bonds is 5. The van der Waals surface area contributed by atoms with Crippen LogP contribution in [0.15, 0.2) is 24.3 Å². The molecule has 0 saturated heterocycles. The Morgan fingerprint density at radius 2 is 1.89 bits per heavy atom. The fraction of sp³-hybridized carbons (Fsp3) is 0.500. The highest BCUT2D eigenvalue weighted by Gasteiger charge is 2.13. The third kappa shape index (κ3) is 4.75. The van der Waals surface area contributed by atoms with Crippen LogP contribution in [0.3, 0.4) is 0 Å². The topological polar surface area (TPSA) is 47.6 Å². The summed E-state index contributed by atoms with van der Waals surface area (Å²) in [7, 11) is 1.77. The lowest BCUT2D eigenvalue weighted by atomic mass is 10.2. The van der Waals surface area contributed by atoms with E-state index < -0.39 is 0 Å². The highest BCUT2D eigenvalue weighted by Crippen LogP contribution is 2.15. The summed E-state index contributed by atoms with van der Waals surface area (Å²) in [4.78, 5) is 11.8. The molecule has 0 heterocycles. The number of hydrogen-bond acceptors (Lipinski definition) is 4. The van der Waals surface area contributed by atoms with Gasteiger partial charge in [0.1, 0.15) is 6.61 Å². The second-order valence-electron chi connectivity index (χ2n) is 4.89. The average molecular weight is 251 g/mol. The molecule has 18 heavy (non-hydrogen) atoms. The van der Waals surface area contributed by atoms with Gasteiger partial charge in [-0.2, -0.15) is 0 Å². The molecule has 1 aromatic carbocycles. The van der Waals surface area contributed by atoms with Crippen LogP contribution in [-0.2, 0) is 9.47 Å². The molecule has 1 aromatic rings. The van der Waals surface area contributed by atoms with Crippen LogP contribution >= 0.6 is 0 Å². The highest BCUT2D eigenvalue weighted by molar-refractivity contribution is 5.95. The van der Waals surface area contributed by atoms with Gasteiger partial charge in [-0.3, -0.25) is 0 Å². The summed E-state index contributed by atoms with van der Waals surface area (Å²) in [5.74, 6) is -0.336. The maximum atomic E-state index is 11.8. The van der Waals surface area contributed by atoms with Gasteiger partial charge in [0, 0.05) is 12.7 Å². The van der Waals surface area contributed by atoms with Crippen molar-refractivity contribution in [1.82, 2.24) is 0 Å². The van der Waals surface area contributed by atoms with Crippen molar-refractivity contribution in [2.45, 2.75) is 26.4 Å². The van der Waals surface area contributed by atoms with Gasteiger partial charge in [-0.15, -0.1) is 0 Å². The monoisotopic (exact) mass is 251 g/mol. The second-order valence-corrected chi connectivity index (χ2v) is 4.89. The van der Waals surface area contributed by atoms with E-state index in [2.05, 4.69) is 5.32 Å². The van der Waals surface area contributed by atoms with E-state index in [1.165, 1.54) is 0 Å². The van der Waals surface area contributed by atoms with Crippen molar-refractivity contribution in [3.8, 4) is 0 Å². The van der Waals surface area contributed by atoms with Crippen molar-refractivity contribution >= 4 is 11.7 Å². The fourth-order valence-electron chi connectivity index (χ4n) is 1.44. The molecule has 0 amide bonds. The molecular formula is C14H21NO3. The van der Waals surface area contributed by atoms with E-state index in [-0.39, 0.29) is 18.2 Å². The third-order valence-electron chi connectivity index (χ3n) is 2.27. The normalized spacial score (nSPS) is 11.1. The summed E-state index contributed by atoms with van der Waals surface area (Å²) >= 11 is 0. The molecule has 0 aliphatic heterocycles. The molecule has 4 nitrogen and oxygen atoms in total. The summed E-state index contributed by atoms with van der Waals surface area (Å²) in [6.45, 7) is 6.55. The molecule has 0 spiro atoms. The first kappa shape index (κ1) is 14.5. The zero-order valence-corrected chi connectivity index (χ0v) is 11.4. The van der Waals surface area contributed by atoms with E-state index in [1.54, 1.807) is 13.1 Å². The van der Waals surface area contributed by atoms with Gasteiger partial charge in [0.2, 0.25) is 0 Å². The molecule has 1 rings (SSSR count). The summed E-state index contributed by atoms with van der Waals surface area (Å²) in [6.07, 6.45) is 0. The Balaban J connectivity index is 2.46. The standard InChI is InChI=1S/C14H21NO3/c1-14(2,3)18-10-9-17-13(16)11-7-5-6-8-12(11)15-4/h5-8,15H,9-10H2,1-4H3. The van der Waals surface area contributed by atoms with E-state index in [9.17, 15) is 4.79 Å². The molecule has 0 aliphatic rings. The fourth-order valence-corrected chi connectivity index (χ4v) is 1.44. The largest absolute Gasteiger partial charge is 0.460 e. The molecule has 0 saturated carbocycles. The number of carbonyl (C=O) groups excluding carboxylic acids is 1. The van der Waals surface area contributed by atoms with E-state index in [0.29, 0.717) is 12.2 Å². The number of para-hydroxylation sites is 1. The first-order chi connectivity index (χ1) is 8.44. The number of anilines is 1. The minimum absolute atomic E-state index is 0.213. The number of ether oxygens (including phenoxy) is 2. The molecule has 0 aliphatic carbocycles. The Hall–Kier alpha value is -1.55. The number of nitrogens with one attached hydrogen (secondary N) is 1. The minimum Gasteiger partial charge on any atom is -0.460 e. The van der Waals surface area contributed by atoms with Crippen molar-refractivity contribution < 1.29 is 14.3 Å². The van der Waals surface area contributed by atoms with E-state index >= 15 is 0 Å². The molecule has 0 atom stereocenters. The lowest BCUT2D eigenvalue weighted by Gasteiger charge is -2.19. The zero-order chi connectivity index (χ0) is 13.6. The zero-order valence-electron chi connectivity index (χ0n) is 11.4. The van der Waals surface area contributed by atoms with Crippen LogP contribution in [0.5, 0.6) is 0 Å². The first-order valence-electron chi connectivity index (χ1n) is 6.02. The van der Waals surface area contributed by atoms with Crippen LogP contribution in [0.25, 0.3) is 0 Å². The van der Waals surface area contributed by atoms with Crippen LogP contribution in [0.1, 0.15) is 31.1 Å². The number of benzene rings is 1. The van der Waals surface area contributed by atoms with Crippen LogP contribution < -0.4 is 5.32 Å². The van der Waals surface area contributed by atoms with Crippen molar-refractivity contribution in [3.05, 3.63) is 29.8 Å². The van der Waals surface area contributed by atoms with Gasteiger partial charge in [-0.1, -0.05) is 12.1 Å². The van der Waals surface area contributed by atoms with Crippen LogP contribution in [-0.4, -0.2) is 31.8 Å². The van der Waals surface area contributed by atoms with Gasteiger partial charge in [-0.05, 0) is 32.9 Å². The lowest BCUT2D eigenvalue weighted by molar-refractivity contribution is -0.0281. The SMILES string of the molecule is CNc1ccccc1C(=O)OCCOC(C)(C)C. The maximum absolute atomic E-state index is 11.8. The Kier molecular flexibility index (Phi) is 5.16. The van der Waals surface area contributed by atoms with Crippen LogP contribution in [0, 0.1) is 0 Å². The van der Waals surface area contributed by atoms with Gasteiger partial charge in [0.25, 0.3) is 0 Å². The minimum atomic E-state index is -0.336. The molecule has 1 N–H and O–H groups in total. The molecular weight excluding hydrogens is 230 g/mol. The van der Waals surface area contributed by atoms with Gasteiger partial charge in [-0.25, -0.2) is 4.79 Å². The number of esters is 1. The third-order valence-corrected chi connectivity index (χ3v) is 2.27. The average Bonchev–Trinajstić information content (AvgIpc) is 2.33. The highest BCUT2D eigenvalue weighted by atomic mass is 16.6. The molecule has 0 unspecified atom stereocenters. The summed E-state index contributed by atoms with van der Waals surface area (Å²) in [6, 6.07) is 7.25. The molecule has 0 fully saturated rings. The summed E-state index contributed by atoms with van der Waals surface area (Å²) < 4.78 is 10.6. The van der Waals surface area contributed by atoms with Crippen molar-refractivity contribution in [2.24, 2.45) is 0 Å². The molecule has 0 aromatic heterocycles. The maximum Gasteiger partial charge on any atom is 0.340 e. The van der Waals surface area contributed by atoms with Crippen LogP contribution in [0.2, 0.25) is 0 Å². The van der Waals surface area contributed by atoms with Crippen molar-refractivity contribution in [1.29, 1.82) is 0 Å². The second kappa shape index (κ2) is 6.40. The Bertz CT molecular complexity index is 396. The van der Waals surface area contributed by atoms with Gasteiger partial charge in [0.05, 0.1) is 17.8 Å². The summed E-state index contributed by atoms with van der Waals surface area (Å²) in [5, 5.41) is 2.96. The predicted octanol–water partition coefficient (Wildman–Crippen LogP) is 2.70. The number of carbonyl (C=O) groups is 1.